The van der Waals surface area contributed by atoms with Crippen molar-refractivity contribution in [2.75, 3.05) is 5.75 Å². The minimum atomic E-state index is -0.111. The second-order valence-corrected chi connectivity index (χ2v) is 10.6. The minimum absolute atomic E-state index is 0.0907. The van der Waals surface area contributed by atoms with Crippen molar-refractivity contribution < 1.29 is 4.79 Å². The molecule has 33 heavy (non-hydrogen) atoms. The van der Waals surface area contributed by atoms with Crippen LogP contribution in [-0.2, 0) is 17.8 Å². The van der Waals surface area contributed by atoms with Gasteiger partial charge in [-0.1, -0.05) is 36.4 Å². The van der Waals surface area contributed by atoms with Crippen molar-refractivity contribution in [2.45, 2.75) is 69.1 Å². The molecule has 1 aromatic rings. The van der Waals surface area contributed by atoms with Crippen LogP contribution in [0.3, 0.4) is 0 Å². The van der Waals surface area contributed by atoms with Crippen LogP contribution in [0.2, 0.25) is 0 Å². The lowest BCUT2D eigenvalue weighted by Crippen LogP contribution is -2.39. The lowest BCUT2D eigenvalue weighted by Gasteiger charge is -2.19. The highest BCUT2D eigenvalue weighted by Crippen LogP contribution is 2.44. The predicted octanol–water partition coefficient (Wildman–Crippen LogP) is 3.66. The van der Waals surface area contributed by atoms with Crippen LogP contribution in [-0.4, -0.2) is 37.0 Å². The third kappa shape index (κ3) is 4.21. The molecule has 6 rings (SSSR count). The highest BCUT2D eigenvalue weighted by atomic mass is 32.2. The number of rotatable bonds is 7. The van der Waals surface area contributed by atoms with Crippen LogP contribution in [0.25, 0.3) is 17.1 Å². The Morgan fingerprint density at radius 1 is 1.09 bits per heavy atom. The van der Waals surface area contributed by atoms with Crippen LogP contribution in [0.1, 0.15) is 50.6 Å². The maximum Gasteiger partial charge on any atom is 0.284 e. The molecule has 8 heteroatoms. The molecule has 0 bridgehead atoms. The van der Waals surface area contributed by atoms with E-state index in [1.165, 1.54) is 42.1 Å². The van der Waals surface area contributed by atoms with Gasteiger partial charge in [0.05, 0.1) is 11.4 Å². The van der Waals surface area contributed by atoms with Gasteiger partial charge in [-0.3, -0.25) is 9.59 Å². The maximum atomic E-state index is 13.3. The number of nitrogens with zero attached hydrogens (tertiary/aromatic N) is 4. The lowest BCUT2D eigenvalue weighted by molar-refractivity contribution is -0.119. The topological polar surface area (TPSA) is 81.8 Å². The van der Waals surface area contributed by atoms with Crippen molar-refractivity contribution in [3.8, 4) is 17.1 Å². The first kappa shape index (κ1) is 21.0. The fourth-order valence-corrected chi connectivity index (χ4v) is 5.95. The molecule has 1 N–H and O–H groups in total. The van der Waals surface area contributed by atoms with E-state index in [-0.39, 0.29) is 11.5 Å². The third-order valence-electron chi connectivity index (χ3n) is 7.09. The first-order valence-corrected chi connectivity index (χ1v) is 13.2. The first-order chi connectivity index (χ1) is 16.2. The number of hydrogen-bond donors (Lipinski definition) is 1. The van der Waals surface area contributed by atoms with Gasteiger partial charge in [0.2, 0.25) is 5.91 Å². The van der Waals surface area contributed by atoms with E-state index < -0.39 is 0 Å². The number of fused-ring (bicyclic) bond motifs is 3. The number of nitrogens with one attached hydrogen (secondary N) is 1. The normalized spacial score (nSPS) is 18.3. The highest BCUT2D eigenvalue weighted by Gasteiger charge is 2.42. The van der Waals surface area contributed by atoms with Gasteiger partial charge in [-0.2, -0.15) is 4.68 Å². The fourth-order valence-electron chi connectivity index (χ4n) is 5.10. The Labute approximate surface area is 197 Å². The molecule has 2 saturated carbocycles. The zero-order valence-electron chi connectivity index (χ0n) is 18.7. The van der Waals surface area contributed by atoms with E-state index in [4.69, 9.17) is 4.98 Å². The van der Waals surface area contributed by atoms with Crippen molar-refractivity contribution in [2.24, 2.45) is 11.8 Å². The first-order valence-electron chi connectivity index (χ1n) is 12.2. The van der Waals surface area contributed by atoms with Gasteiger partial charge in [0, 0.05) is 18.3 Å². The molecule has 2 aliphatic carbocycles. The molecule has 0 radical (unpaired) electrons. The molecular weight excluding hydrogens is 434 g/mol. The summed E-state index contributed by atoms with van der Waals surface area (Å²) in [6.07, 6.45) is 9.05. The summed E-state index contributed by atoms with van der Waals surface area (Å²) in [6, 6.07) is 9.86. The molecule has 0 aromatic heterocycles. The molecule has 1 amide bonds. The molecule has 172 valence electrons. The molecule has 2 fully saturated rings. The molecule has 1 aromatic carbocycles. The molecule has 0 saturated heterocycles. The summed E-state index contributed by atoms with van der Waals surface area (Å²) >= 11 is 1.47. The minimum Gasteiger partial charge on any atom is -0.352 e. The summed E-state index contributed by atoms with van der Waals surface area (Å²) in [6.45, 7) is 0.824. The standard InChI is InChI=1S/C25H29N5O2S/c31-20(26-22(16-10-11-16)17-12-13-17)15-33-25-27-23-21(19-9-5-2-6-14-29(19)25)24(32)30(28-23)18-7-3-1-4-8-18/h1,3-4,7-8,16-17,22H,2,5-6,9-15H2,(H,26,31). The van der Waals surface area contributed by atoms with E-state index in [2.05, 4.69) is 15.0 Å². The molecule has 3 aliphatic heterocycles. The molecule has 0 unspecified atom stereocenters. The van der Waals surface area contributed by atoms with Gasteiger partial charge < -0.3 is 9.88 Å². The number of thioether (sulfide) groups is 1. The number of carbonyl (C=O) groups excluding carboxylic acids is 1. The monoisotopic (exact) mass is 463 g/mol. The highest BCUT2D eigenvalue weighted by molar-refractivity contribution is 7.99. The van der Waals surface area contributed by atoms with Crippen molar-refractivity contribution in [3.05, 3.63) is 46.4 Å². The van der Waals surface area contributed by atoms with Crippen LogP contribution in [0.4, 0.5) is 0 Å². The van der Waals surface area contributed by atoms with Crippen LogP contribution in [0.5, 0.6) is 0 Å². The summed E-state index contributed by atoms with van der Waals surface area (Å²) < 4.78 is 3.63. The van der Waals surface area contributed by atoms with Crippen LogP contribution in [0.15, 0.2) is 40.3 Å². The number of carbonyl (C=O) groups is 1. The zero-order valence-corrected chi connectivity index (χ0v) is 19.5. The maximum absolute atomic E-state index is 13.3. The second-order valence-electron chi connectivity index (χ2n) is 9.61. The second kappa shape index (κ2) is 8.63. The van der Waals surface area contributed by atoms with E-state index in [1.54, 1.807) is 0 Å². The Kier molecular flexibility index (Phi) is 5.48. The number of benzene rings is 1. The molecule has 7 nitrogen and oxygen atoms in total. The SMILES string of the molecule is O=C(CSc1nc2nn(-c3ccccc3)c(=O)c-2c2n1CCCCC2)NC(C1CC1)C1CC1. The van der Waals surface area contributed by atoms with Gasteiger partial charge >= 0.3 is 0 Å². The fraction of sp³-hybridized carbons (Fsp3) is 0.520. The smallest absolute Gasteiger partial charge is 0.284 e. The summed E-state index contributed by atoms with van der Waals surface area (Å²) in [7, 11) is 0. The van der Waals surface area contributed by atoms with E-state index in [1.807, 2.05) is 30.3 Å². The molecule has 0 spiro atoms. The Morgan fingerprint density at radius 2 is 1.85 bits per heavy atom. The number of amides is 1. The van der Waals surface area contributed by atoms with E-state index in [9.17, 15) is 9.59 Å². The predicted molar refractivity (Wildman–Crippen MR) is 128 cm³/mol. The Morgan fingerprint density at radius 3 is 2.58 bits per heavy atom. The van der Waals surface area contributed by atoms with Gasteiger partial charge in [-0.05, 0) is 68.9 Å². The van der Waals surface area contributed by atoms with Gasteiger partial charge in [0.15, 0.2) is 11.0 Å². The van der Waals surface area contributed by atoms with E-state index in [0.717, 1.165) is 48.8 Å². The number of para-hydroxylation sites is 1. The third-order valence-corrected chi connectivity index (χ3v) is 8.06. The van der Waals surface area contributed by atoms with Gasteiger partial charge in [0.25, 0.3) is 5.56 Å². The Bertz CT molecular complexity index is 1180. The average Bonchev–Trinajstić information content (AvgIpc) is 3.73. The van der Waals surface area contributed by atoms with Crippen LogP contribution in [0, 0.1) is 11.8 Å². The van der Waals surface area contributed by atoms with Crippen molar-refractivity contribution in [1.82, 2.24) is 24.6 Å². The van der Waals surface area contributed by atoms with Gasteiger partial charge in [0.1, 0.15) is 5.56 Å². The van der Waals surface area contributed by atoms with Crippen LogP contribution >= 0.6 is 11.8 Å². The Hall–Kier alpha value is -2.61. The average molecular weight is 464 g/mol. The molecular formula is C25H29N5O2S. The van der Waals surface area contributed by atoms with E-state index >= 15 is 0 Å². The van der Waals surface area contributed by atoms with Gasteiger partial charge in [-0.25, -0.2) is 4.98 Å². The number of aromatic nitrogens is 4. The Balaban J connectivity index is 1.31. The van der Waals surface area contributed by atoms with Crippen molar-refractivity contribution >= 4 is 17.7 Å². The van der Waals surface area contributed by atoms with Gasteiger partial charge in [-0.15, -0.1) is 5.10 Å². The summed E-state index contributed by atoms with van der Waals surface area (Å²) in [5.41, 5.74) is 2.27. The summed E-state index contributed by atoms with van der Waals surface area (Å²) in [5, 5.41) is 8.69. The summed E-state index contributed by atoms with van der Waals surface area (Å²) in [5.74, 6) is 2.28. The largest absolute Gasteiger partial charge is 0.352 e. The zero-order chi connectivity index (χ0) is 22.4. The van der Waals surface area contributed by atoms with E-state index in [0.29, 0.717) is 35.0 Å². The lowest BCUT2D eigenvalue weighted by atomic mass is 10.1. The molecule has 0 atom stereocenters. The molecule has 3 heterocycles. The molecule has 5 aliphatic rings. The summed E-state index contributed by atoms with van der Waals surface area (Å²) in [4.78, 5) is 30.9. The quantitative estimate of drug-likeness (QED) is 0.427. The van der Waals surface area contributed by atoms with Crippen molar-refractivity contribution in [3.63, 3.8) is 0 Å². The van der Waals surface area contributed by atoms with Crippen LogP contribution < -0.4 is 10.9 Å². The number of hydrogen-bond acceptors (Lipinski definition) is 5. The van der Waals surface area contributed by atoms with Crippen molar-refractivity contribution in [1.29, 1.82) is 0 Å².